The smallest absolute Gasteiger partial charge is 0.226 e. The Morgan fingerprint density at radius 2 is 1.83 bits per heavy atom. The van der Waals surface area contributed by atoms with Gasteiger partial charge in [-0.2, -0.15) is 0 Å². The maximum Gasteiger partial charge on any atom is 0.226 e. The Labute approximate surface area is 170 Å². The second-order valence-corrected chi connectivity index (χ2v) is 7.07. The first-order chi connectivity index (χ1) is 14.2. The van der Waals surface area contributed by atoms with Crippen molar-refractivity contribution >= 4 is 22.4 Å². The summed E-state index contributed by atoms with van der Waals surface area (Å²) in [7, 11) is 0. The number of carbonyl (C=O) groups is 1. The second-order valence-electron chi connectivity index (χ2n) is 7.07. The second kappa shape index (κ2) is 8.86. The number of para-hydroxylation sites is 1. The summed E-state index contributed by atoms with van der Waals surface area (Å²) < 4.78 is 11.1. The van der Waals surface area contributed by atoms with E-state index in [0.29, 0.717) is 26.2 Å². The molecule has 1 N–H and O–H groups in total. The highest BCUT2D eigenvalue weighted by atomic mass is 16.5. The molecule has 2 aromatic carbocycles. The highest BCUT2D eigenvalue weighted by Gasteiger charge is 2.19. The summed E-state index contributed by atoms with van der Waals surface area (Å²) >= 11 is 0. The van der Waals surface area contributed by atoms with Crippen LogP contribution in [-0.4, -0.2) is 42.1 Å². The molecule has 0 saturated carbocycles. The molecule has 150 valence electrons. The van der Waals surface area contributed by atoms with Gasteiger partial charge in [-0.25, -0.2) is 0 Å². The fraction of sp³-hybridized carbons (Fsp3) is 0.292. The monoisotopic (exact) mass is 390 g/mol. The Morgan fingerprint density at radius 1 is 1.07 bits per heavy atom. The van der Waals surface area contributed by atoms with Gasteiger partial charge in [0.15, 0.2) is 0 Å². The molecule has 1 amide bonds. The Kier molecular flexibility index (Phi) is 5.84. The number of benzene rings is 2. The van der Waals surface area contributed by atoms with E-state index in [-0.39, 0.29) is 5.91 Å². The third-order valence-electron chi connectivity index (χ3n) is 5.22. The topological polar surface area (TPSA) is 54.6 Å². The molecule has 4 rings (SSSR count). The number of H-pyrrole nitrogens is 1. The van der Waals surface area contributed by atoms with Crippen LogP contribution in [0, 0.1) is 0 Å². The third kappa shape index (κ3) is 4.45. The summed E-state index contributed by atoms with van der Waals surface area (Å²) in [5, 5.41) is 1.24. The van der Waals surface area contributed by atoms with E-state index < -0.39 is 0 Å². The summed E-state index contributed by atoms with van der Waals surface area (Å²) in [6.45, 7) is 4.36. The van der Waals surface area contributed by atoms with Crippen LogP contribution in [0.5, 0.6) is 11.5 Å². The zero-order valence-corrected chi connectivity index (χ0v) is 16.7. The minimum atomic E-state index is 0.130. The molecule has 0 bridgehead atoms. The van der Waals surface area contributed by atoms with Crippen LogP contribution in [-0.2, 0) is 4.79 Å². The Morgan fingerprint density at radius 3 is 2.55 bits per heavy atom. The standard InChI is InChI=1S/C24H26N2O3/c1-2-28-19-7-9-20(10-8-19)29-16-13-24(27)26-14-11-18(12-15-26)22-17-25-23-6-4-3-5-21(22)23/h3-11,17,25H,2,12-16H2,1H3. The zero-order chi connectivity index (χ0) is 20.1. The number of carbonyl (C=O) groups excluding carboxylic acids is 1. The van der Waals surface area contributed by atoms with E-state index in [1.807, 2.05) is 42.2 Å². The minimum absolute atomic E-state index is 0.130. The van der Waals surface area contributed by atoms with Crippen LogP contribution in [0.3, 0.4) is 0 Å². The summed E-state index contributed by atoms with van der Waals surface area (Å²) in [6.07, 6.45) is 5.49. The number of fused-ring (bicyclic) bond motifs is 1. The molecule has 1 aliphatic heterocycles. The van der Waals surface area contributed by atoms with Gasteiger partial charge in [0.1, 0.15) is 11.5 Å². The first-order valence-electron chi connectivity index (χ1n) is 10.1. The number of nitrogens with zero attached hydrogens (tertiary/aromatic N) is 1. The van der Waals surface area contributed by atoms with Gasteiger partial charge in [-0.1, -0.05) is 24.3 Å². The van der Waals surface area contributed by atoms with Gasteiger partial charge in [-0.3, -0.25) is 4.79 Å². The molecule has 0 fully saturated rings. The van der Waals surface area contributed by atoms with Crippen molar-refractivity contribution in [3.05, 3.63) is 66.4 Å². The molecule has 0 saturated heterocycles. The van der Waals surface area contributed by atoms with Gasteiger partial charge in [0.25, 0.3) is 0 Å². The van der Waals surface area contributed by atoms with Gasteiger partial charge < -0.3 is 19.4 Å². The predicted molar refractivity (Wildman–Crippen MR) is 115 cm³/mol. The number of aromatic nitrogens is 1. The normalized spacial score (nSPS) is 14.0. The van der Waals surface area contributed by atoms with Crippen LogP contribution in [0.25, 0.3) is 16.5 Å². The molecular formula is C24H26N2O3. The molecular weight excluding hydrogens is 364 g/mol. The molecule has 0 radical (unpaired) electrons. The van der Waals surface area contributed by atoms with E-state index >= 15 is 0 Å². The Bertz CT molecular complexity index is 1000. The van der Waals surface area contributed by atoms with Crippen molar-refractivity contribution in [2.24, 2.45) is 0 Å². The lowest BCUT2D eigenvalue weighted by Gasteiger charge is -2.26. The third-order valence-corrected chi connectivity index (χ3v) is 5.22. The zero-order valence-electron chi connectivity index (χ0n) is 16.7. The molecule has 0 spiro atoms. The highest BCUT2D eigenvalue weighted by molar-refractivity contribution is 5.93. The van der Waals surface area contributed by atoms with Gasteiger partial charge in [0, 0.05) is 35.8 Å². The van der Waals surface area contributed by atoms with Crippen molar-refractivity contribution < 1.29 is 14.3 Å². The average Bonchev–Trinajstić information content (AvgIpc) is 3.19. The van der Waals surface area contributed by atoms with Crippen molar-refractivity contribution in [2.45, 2.75) is 19.8 Å². The minimum Gasteiger partial charge on any atom is -0.494 e. The Balaban J connectivity index is 1.28. The quantitative estimate of drug-likeness (QED) is 0.639. The van der Waals surface area contributed by atoms with Crippen LogP contribution in [0.1, 0.15) is 25.3 Å². The predicted octanol–water partition coefficient (Wildman–Crippen LogP) is 4.65. The molecule has 0 atom stereocenters. The van der Waals surface area contributed by atoms with Gasteiger partial charge in [-0.05, 0) is 49.2 Å². The van der Waals surface area contributed by atoms with Crippen LogP contribution in [0.2, 0.25) is 0 Å². The number of hydrogen-bond acceptors (Lipinski definition) is 3. The maximum absolute atomic E-state index is 12.5. The summed E-state index contributed by atoms with van der Waals surface area (Å²) in [5.74, 6) is 1.70. The van der Waals surface area contributed by atoms with Gasteiger partial charge in [0.05, 0.1) is 19.6 Å². The fourth-order valence-corrected chi connectivity index (χ4v) is 3.69. The molecule has 1 aromatic heterocycles. The van der Waals surface area contributed by atoms with Crippen molar-refractivity contribution in [3.63, 3.8) is 0 Å². The summed E-state index contributed by atoms with van der Waals surface area (Å²) in [4.78, 5) is 17.8. The molecule has 2 heterocycles. The molecule has 0 aliphatic carbocycles. The van der Waals surface area contributed by atoms with E-state index in [1.165, 1.54) is 16.5 Å². The highest BCUT2D eigenvalue weighted by Crippen LogP contribution is 2.29. The number of aromatic amines is 1. The van der Waals surface area contributed by atoms with E-state index in [4.69, 9.17) is 9.47 Å². The van der Waals surface area contributed by atoms with Crippen LogP contribution in [0.4, 0.5) is 0 Å². The summed E-state index contributed by atoms with van der Waals surface area (Å²) in [6, 6.07) is 15.8. The lowest BCUT2D eigenvalue weighted by atomic mass is 9.99. The number of rotatable bonds is 7. The first-order valence-corrected chi connectivity index (χ1v) is 10.1. The van der Waals surface area contributed by atoms with Crippen molar-refractivity contribution in [2.75, 3.05) is 26.3 Å². The number of hydrogen-bond donors (Lipinski definition) is 1. The van der Waals surface area contributed by atoms with Gasteiger partial charge in [0.2, 0.25) is 5.91 Å². The van der Waals surface area contributed by atoms with Gasteiger partial charge >= 0.3 is 0 Å². The van der Waals surface area contributed by atoms with E-state index in [0.717, 1.165) is 30.0 Å². The largest absolute Gasteiger partial charge is 0.494 e. The number of amides is 1. The molecule has 5 heteroatoms. The molecule has 1 aliphatic rings. The Hall–Kier alpha value is -3.21. The molecule has 29 heavy (non-hydrogen) atoms. The van der Waals surface area contributed by atoms with E-state index in [2.05, 4.69) is 35.5 Å². The molecule has 5 nitrogen and oxygen atoms in total. The van der Waals surface area contributed by atoms with Crippen molar-refractivity contribution in [1.82, 2.24) is 9.88 Å². The number of nitrogens with one attached hydrogen (secondary N) is 1. The SMILES string of the molecule is CCOc1ccc(OCCC(=O)N2CC=C(c3c[nH]c4ccccc34)CC2)cc1. The van der Waals surface area contributed by atoms with Crippen LogP contribution >= 0.6 is 0 Å². The van der Waals surface area contributed by atoms with Gasteiger partial charge in [-0.15, -0.1) is 0 Å². The summed E-state index contributed by atoms with van der Waals surface area (Å²) in [5.41, 5.74) is 3.69. The lowest BCUT2D eigenvalue weighted by Crippen LogP contribution is -2.35. The fourth-order valence-electron chi connectivity index (χ4n) is 3.69. The van der Waals surface area contributed by atoms with E-state index in [9.17, 15) is 4.79 Å². The van der Waals surface area contributed by atoms with Crippen LogP contribution < -0.4 is 9.47 Å². The average molecular weight is 390 g/mol. The van der Waals surface area contributed by atoms with Crippen molar-refractivity contribution in [1.29, 1.82) is 0 Å². The molecule has 0 unspecified atom stereocenters. The van der Waals surface area contributed by atoms with E-state index in [1.54, 1.807) is 0 Å². The lowest BCUT2D eigenvalue weighted by molar-refractivity contribution is -0.131. The maximum atomic E-state index is 12.5. The first kappa shape index (κ1) is 19.1. The molecule has 3 aromatic rings. The van der Waals surface area contributed by atoms with Crippen molar-refractivity contribution in [3.8, 4) is 11.5 Å². The number of ether oxygens (including phenoxy) is 2. The van der Waals surface area contributed by atoms with Crippen LogP contribution in [0.15, 0.2) is 60.8 Å².